The van der Waals surface area contributed by atoms with E-state index in [0.717, 1.165) is 18.2 Å². The minimum absolute atomic E-state index is 0. The Hall–Kier alpha value is 0.580. The molecule has 0 N–H and O–H groups in total. The third kappa shape index (κ3) is 6.58. The summed E-state index contributed by atoms with van der Waals surface area (Å²) in [6.07, 6.45) is 2.42. The van der Waals surface area contributed by atoms with Crippen LogP contribution >= 0.6 is 24.0 Å². The van der Waals surface area contributed by atoms with Crippen LogP contribution in [0.5, 0.6) is 0 Å². The molecular formula is C6H14Cl2. The molecule has 0 aromatic heterocycles. The molecule has 0 saturated heterocycles. The van der Waals surface area contributed by atoms with E-state index in [-0.39, 0.29) is 12.4 Å². The van der Waals surface area contributed by atoms with Crippen molar-refractivity contribution >= 4 is 24.0 Å². The van der Waals surface area contributed by atoms with E-state index in [1.165, 1.54) is 6.42 Å². The lowest BCUT2D eigenvalue weighted by Crippen LogP contribution is -1.90. The lowest BCUT2D eigenvalue weighted by molar-refractivity contribution is 0.547. The molecule has 1 atom stereocenters. The van der Waals surface area contributed by atoms with Gasteiger partial charge in [-0.15, -0.1) is 24.0 Å². The van der Waals surface area contributed by atoms with Crippen LogP contribution in [0.3, 0.4) is 0 Å². The molecule has 0 aliphatic carbocycles. The zero-order valence-electron chi connectivity index (χ0n) is 5.48. The summed E-state index contributed by atoms with van der Waals surface area (Å²) in [5.74, 6) is 1.63. The van der Waals surface area contributed by atoms with Gasteiger partial charge in [-0.2, -0.15) is 0 Å². The van der Waals surface area contributed by atoms with Crippen LogP contribution < -0.4 is 0 Å². The first-order chi connectivity index (χ1) is 3.31. The summed E-state index contributed by atoms with van der Waals surface area (Å²) >= 11 is 5.48. The first-order valence-corrected chi connectivity index (χ1v) is 3.40. The first-order valence-electron chi connectivity index (χ1n) is 2.87. The van der Waals surface area contributed by atoms with Crippen molar-refractivity contribution < 1.29 is 0 Å². The molecule has 8 heavy (non-hydrogen) atoms. The van der Waals surface area contributed by atoms with Gasteiger partial charge in [0.25, 0.3) is 0 Å². The van der Waals surface area contributed by atoms with Crippen molar-refractivity contribution in [1.82, 2.24) is 0 Å². The Labute approximate surface area is 63.0 Å². The average Bonchev–Trinajstić information content (AvgIpc) is 1.68. The molecule has 0 radical (unpaired) electrons. The summed E-state index contributed by atoms with van der Waals surface area (Å²) < 4.78 is 0. The van der Waals surface area contributed by atoms with Gasteiger partial charge < -0.3 is 0 Å². The van der Waals surface area contributed by atoms with Gasteiger partial charge >= 0.3 is 0 Å². The second kappa shape index (κ2) is 7.58. The Morgan fingerprint density at radius 1 is 1.50 bits per heavy atom. The molecule has 0 fully saturated rings. The number of halogens is 2. The summed E-state index contributed by atoms with van der Waals surface area (Å²) in [6, 6.07) is 0. The Morgan fingerprint density at radius 3 is 2.12 bits per heavy atom. The SMILES string of the molecule is CCC(C)CCCl.Cl. The maximum Gasteiger partial charge on any atom is 0.0225 e. The van der Waals surface area contributed by atoms with Crippen LogP contribution in [0.1, 0.15) is 26.7 Å². The maximum atomic E-state index is 5.48. The van der Waals surface area contributed by atoms with Gasteiger partial charge in [0.1, 0.15) is 0 Å². The smallest absolute Gasteiger partial charge is 0.0225 e. The molecule has 0 saturated carbocycles. The topological polar surface area (TPSA) is 0 Å². The quantitative estimate of drug-likeness (QED) is 0.552. The summed E-state index contributed by atoms with van der Waals surface area (Å²) in [7, 11) is 0. The average molecular weight is 157 g/mol. The molecule has 0 aromatic carbocycles. The summed E-state index contributed by atoms with van der Waals surface area (Å²) in [4.78, 5) is 0. The summed E-state index contributed by atoms with van der Waals surface area (Å²) in [5.41, 5.74) is 0. The van der Waals surface area contributed by atoms with Gasteiger partial charge in [-0.1, -0.05) is 20.3 Å². The Morgan fingerprint density at radius 2 is 2.00 bits per heavy atom. The molecule has 0 amide bonds. The zero-order chi connectivity index (χ0) is 5.70. The van der Waals surface area contributed by atoms with E-state index >= 15 is 0 Å². The lowest BCUT2D eigenvalue weighted by Gasteiger charge is -2.01. The van der Waals surface area contributed by atoms with Gasteiger partial charge in [0.05, 0.1) is 0 Å². The molecule has 0 nitrogen and oxygen atoms in total. The van der Waals surface area contributed by atoms with E-state index in [1.807, 2.05) is 0 Å². The van der Waals surface area contributed by atoms with Crippen molar-refractivity contribution in [3.05, 3.63) is 0 Å². The highest BCUT2D eigenvalue weighted by atomic mass is 35.5. The van der Waals surface area contributed by atoms with Crippen LogP contribution in [0.15, 0.2) is 0 Å². The Kier molecular flexibility index (Phi) is 10.8. The van der Waals surface area contributed by atoms with Crippen molar-refractivity contribution in [3.63, 3.8) is 0 Å². The van der Waals surface area contributed by atoms with Crippen molar-refractivity contribution in [2.24, 2.45) is 5.92 Å². The third-order valence-corrected chi connectivity index (χ3v) is 1.52. The highest BCUT2D eigenvalue weighted by molar-refractivity contribution is 6.17. The van der Waals surface area contributed by atoms with E-state index in [4.69, 9.17) is 11.6 Å². The van der Waals surface area contributed by atoms with Gasteiger partial charge in [0, 0.05) is 5.88 Å². The molecule has 2 heteroatoms. The van der Waals surface area contributed by atoms with E-state index in [0.29, 0.717) is 0 Å². The number of hydrogen-bond acceptors (Lipinski definition) is 0. The molecule has 1 unspecified atom stereocenters. The standard InChI is InChI=1S/C6H13Cl.ClH/c1-3-6(2)4-5-7;/h6H,3-5H2,1-2H3;1H. The maximum absolute atomic E-state index is 5.48. The second-order valence-electron chi connectivity index (χ2n) is 1.99. The fraction of sp³-hybridized carbons (Fsp3) is 1.00. The number of alkyl halides is 1. The van der Waals surface area contributed by atoms with E-state index in [2.05, 4.69) is 13.8 Å². The van der Waals surface area contributed by atoms with Crippen LogP contribution in [-0.4, -0.2) is 5.88 Å². The zero-order valence-corrected chi connectivity index (χ0v) is 7.06. The highest BCUT2D eigenvalue weighted by Crippen LogP contribution is 2.05. The molecular weight excluding hydrogens is 143 g/mol. The van der Waals surface area contributed by atoms with Gasteiger partial charge in [-0.25, -0.2) is 0 Å². The van der Waals surface area contributed by atoms with E-state index < -0.39 is 0 Å². The van der Waals surface area contributed by atoms with Crippen molar-refractivity contribution in [2.75, 3.05) is 5.88 Å². The normalized spacial score (nSPS) is 12.4. The van der Waals surface area contributed by atoms with Crippen molar-refractivity contribution in [3.8, 4) is 0 Å². The van der Waals surface area contributed by atoms with Gasteiger partial charge in [-0.3, -0.25) is 0 Å². The summed E-state index contributed by atoms with van der Waals surface area (Å²) in [5, 5.41) is 0. The lowest BCUT2D eigenvalue weighted by atomic mass is 10.1. The second-order valence-corrected chi connectivity index (χ2v) is 2.37. The fourth-order valence-electron chi connectivity index (χ4n) is 0.390. The van der Waals surface area contributed by atoms with Crippen molar-refractivity contribution in [2.45, 2.75) is 26.7 Å². The number of hydrogen-bond donors (Lipinski definition) is 0. The number of rotatable bonds is 3. The van der Waals surface area contributed by atoms with Crippen LogP contribution in [-0.2, 0) is 0 Å². The predicted molar refractivity (Wildman–Crippen MR) is 42.0 cm³/mol. The van der Waals surface area contributed by atoms with Gasteiger partial charge in [-0.05, 0) is 12.3 Å². The molecule has 52 valence electrons. The third-order valence-electron chi connectivity index (χ3n) is 1.30. The molecule has 0 rings (SSSR count). The molecule has 0 heterocycles. The van der Waals surface area contributed by atoms with E-state index in [1.54, 1.807) is 0 Å². The Bertz CT molecular complexity index is 37.5. The fourth-order valence-corrected chi connectivity index (χ4v) is 0.763. The van der Waals surface area contributed by atoms with Crippen LogP contribution in [0, 0.1) is 5.92 Å². The van der Waals surface area contributed by atoms with Crippen LogP contribution in [0.2, 0.25) is 0 Å². The largest absolute Gasteiger partial charge is 0.147 e. The highest BCUT2D eigenvalue weighted by Gasteiger charge is 1.93. The molecule has 0 aliphatic heterocycles. The minimum Gasteiger partial charge on any atom is -0.147 e. The van der Waals surface area contributed by atoms with Crippen molar-refractivity contribution in [1.29, 1.82) is 0 Å². The molecule has 0 aromatic rings. The van der Waals surface area contributed by atoms with E-state index in [9.17, 15) is 0 Å². The molecule has 0 spiro atoms. The molecule has 0 aliphatic rings. The Balaban J connectivity index is 0. The van der Waals surface area contributed by atoms with Crippen LogP contribution in [0.4, 0.5) is 0 Å². The molecule has 0 bridgehead atoms. The summed E-state index contributed by atoms with van der Waals surface area (Å²) in [6.45, 7) is 4.42. The van der Waals surface area contributed by atoms with Gasteiger partial charge in [0.2, 0.25) is 0 Å². The predicted octanol–water partition coefficient (Wildman–Crippen LogP) is 3.08. The monoisotopic (exact) mass is 156 g/mol. The minimum atomic E-state index is 0. The van der Waals surface area contributed by atoms with Gasteiger partial charge in [0.15, 0.2) is 0 Å². The van der Waals surface area contributed by atoms with Crippen LogP contribution in [0.25, 0.3) is 0 Å². The first kappa shape index (κ1) is 11.4.